The van der Waals surface area contributed by atoms with Gasteiger partial charge in [-0.3, -0.25) is 14.2 Å². The molecule has 0 aliphatic carbocycles. The molecular formula is C10H10N4O4S2. The molecule has 0 amide bonds. The van der Waals surface area contributed by atoms with Gasteiger partial charge in [-0.15, -0.1) is 11.3 Å². The summed E-state index contributed by atoms with van der Waals surface area (Å²) in [6.07, 6.45) is -0.171. The third-order valence-corrected chi connectivity index (χ3v) is 4.28. The molecule has 0 fully saturated rings. The fourth-order valence-electron chi connectivity index (χ4n) is 1.39. The molecule has 2 rings (SSSR count). The van der Waals surface area contributed by atoms with E-state index >= 15 is 0 Å². The van der Waals surface area contributed by atoms with Crippen LogP contribution in [0.1, 0.15) is 5.69 Å². The van der Waals surface area contributed by atoms with Gasteiger partial charge in [0.25, 0.3) is 5.56 Å². The van der Waals surface area contributed by atoms with Crippen LogP contribution in [-0.2, 0) is 25.3 Å². The van der Waals surface area contributed by atoms with Gasteiger partial charge in [0.05, 0.1) is 12.1 Å². The minimum Gasteiger partial charge on any atom is -0.481 e. The van der Waals surface area contributed by atoms with Gasteiger partial charge in [0, 0.05) is 19.5 Å². The molecule has 8 nitrogen and oxygen atoms in total. The van der Waals surface area contributed by atoms with Crippen LogP contribution in [0.4, 0.5) is 0 Å². The number of thiazole rings is 1. The van der Waals surface area contributed by atoms with E-state index in [1.807, 2.05) is 0 Å². The van der Waals surface area contributed by atoms with Gasteiger partial charge in [-0.2, -0.15) is 5.10 Å². The third-order valence-electron chi connectivity index (χ3n) is 2.34. The molecule has 0 atom stereocenters. The fraction of sp³-hybridized carbons (Fsp3) is 0.300. The van der Waals surface area contributed by atoms with Crippen molar-refractivity contribution in [1.29, 1.82) is 0 Å². The van der Waals surface area contributed by atoms with Gasteiger partial charge in [0.2, 0.25) is 0 Å². The zero-order valence-corrected chi connectivity index (χ0v) is 12.2. The normalized spacial score (nSPS) is 10.7. The van der Waals surface area contributed by atoms with Crippen molar-refractivity contribution in [1.82, 2.24) is 19.3 Å². The zero-order chi connectivity index (χ0) is 14.9. The summed E-state index contributed by atoms with van der Waals surface area (Å²) in [5, 5.41) is 14.3. The van der Waals surface area contributed by atoms with Crippen LogP contribution in [0.15, 0.2) is 24.3 Å². The Morgan fingerprint density at radius 1 is 1.45 bits per heavy atom. The highest BCUT2D eigenvalue weighted by Gasteiger charge is 2.13. The summed E-state index contributed by atoms with van der Waals surface area (Å²) in [6.45, 7) is 0. The smallest absolute Gasteiger partial charge is 0.346 e. The van der Waals surface area contributed by atoms with Crippen molar-refractivity contribution >= 4 is 29.1 Å². The summed E-state index contributed by atoms with van der Waals surface area (Å²) >= 11 is 2.23. The van der Waals surface area contributed by atoms with E-state index in [-0.39, 0.29) is 11.4 Å². The first-order chi connectivity index (χ1) is 9.38. The average Bonchev–Trinajstić information content (AvgIpc) is 2.80. The Morgan fingerprint density at radius 3 is 2.80 bits per heavy atom. The van der Waals surface area contributed by atoms with Gasteiger partial charge in [-0.1, -0.05) is 0 Å². The molecular weight excluding hydrogens is 304 g/mol. The van der Waals surface area contributed by atoms with Crippen LogP contribution in [0.5, 0.6) is 0 Å². The first kappa shape index (κ1) is 14.5. The van der Waals surface area contributed by atoms with E-state index in [1.165, 1.54) is 25.4 Å². The summed E-state index contributed by atoms with van der Waals surface area (Å²) < 4.78 is 2.53. The topological polar surface area (TPSA) is 107 Å². The molecule has 0 bridgehead atoms. The predicted octanol–water partition coefficient (Wildman–Crippen LogP) is -0.286. The van der Waals surface area contributed by atoms with E-state index in [0.29, 0.717) is 10.0 Å². The Kier molecular flexibility index (Phi) is 4.04. The number of aromatic nitrogens is 4. The van der Waals surface area contributed by atoms with E-state index < -0.39 is 17.2 Å². The lowest BCUT2D eigenvalue weighted by atomic mass is 10.3. The second kappa shape index (κ2) is 5.59. The lowest BCUT2D eigenvalue weighted by Gasteiger charge is -2.03. The predicted molar refractivity (Wildman–Crippen MR) is 72.3 cm³/mol. The minimum atomic E-state index is -0.969. The molecule has 20 heavy (non-hydrogen) atoms. The summed E-state index contributed by atoms with van der Waals surface area (Å²) in [6, 6.07) is 0. The van der Waals surface area contributed by atoms with E-state index in [2.05, 4.69) is 10.1 Å². The second-order valence-corrected chi connectivity index (χ2v) is 5.95. The molecule has 2 heterocycles. The van der Waals surface area contributed by atoms with Crippen LogP contribution in [0.2, 0.25) is 0 Å². The van der Waals surface area contributed by atoms with Crippen molar-refractivity contribution in [3.8, 4) is 0 Å². The molecule has 0 saturated carbocycles. The largest absolute Gasteiger partial charge is 0.481 e. The maximum atomic E-state index is 11.9. The number of carboxylic acid groups (broad SMARTS) is 1. The van der Waals surface area contributed by atoms with E-state index in [4.69, 9.17) is 5.11 Å². The quantitative estimate of drug-likeness (QED) is 0.826. The maximum Gasteiger partial charge on any atom is 0.346 e. The molecule has 2 aromatic rings. The van der Waals surface area contributed by atoms with Crippen LogP contribution in [0.25, 0.3) is 0 Å². The van der Waals surface area contributed by atoms with Gasteiger partial charge in [-0.05, 0) is 11.8 Å². The summed E-state index contributed by atoms with van der Waals surface area (Å²) in [7, 11) is 2.82. The van der Waals surface area contributed by atoms with E-state index in [0.717, 1.165) is 21.0 Å². The highest BCUT2D eigenvalue weighted by atomic mass is 32.2. The number of nitrogens with zero attached hydrogens (tertiary/aromatic N) is 4. The highest BCUT2D eigenvalue weighted by Crippen LogP contribution is 2.26. The Bertz CT molecular complexity index is 776. The Hall–Kier alpha value is -1.94. The molecule has 0 saturated heterocycles. The number of aliphatic carboxylic acids is 1. The summed E-state index contributed by atoms with van der Waals surface area (Å²) in [4.78, 5) is 38.0. The monoisotopic (exact) mass is 314 g/mol. The minimum absolute atomic E-state index is 0.117. The highest BCUT2D eigenvalue weighted by molar-refractivity contribution is 8.00. The van der Waals surface area contributed by atoms with Crippen molar-refractivity contribution < 1.29 is 9.90 Å². The second-order valence-electron chi connectivity index (χ2n) is 3.85. The number of rotatable bonds is 4. The van der Waals surface area contributed by atoms with Crippen LogP contribution in [0.3, 0.4) is 0 Å². The van der Waals surface area contributed by atoms with Gasteiger partial charge in [0.15, 0.2) is 9.37 Å². The summed E-state index contributed by atoms with van der Waals surface area (Å²) in [5.41, 5.74) is -0.593. The van der Waals surface area contributed by atoms with E-state index in [9.17, 15) is 14.4 Å². The molecule has 0 aliphatic heterocycles. The SMILES string of the molecule is Cn1nc(Sc2nc(CC(=O)O)cs2)c(=O)n(C)c1=O. The molecule has 0 unspecified atom stereocenters. The first-order valence-corrected chi connectivity index (χ1v) is 7.06. The first-order valence-electron chi connectivity index (χ1n) is 5.37. The summed E-state index contributed by atoms with van der Waals surface area (Å²) in [5.74, 6) is -0.969. The van der Waals surface area contributed by atoms with E-state index in [1.54, 1.807) is 5.38 Å². The molecule has 1 N–H and O–H groups in total. The van der Waals surface area contributed by atoms with Crippen molar-refractivity contribution in [3.05, 3.63) is 31.9 Å². The number of hydrogen-bond donors (Lipinski definition) is 1. The van der Waals surface area contributed by atoms with Gasteiger partial charge in [0.1, 0.15) is 0 Å². The van der Waals surface area contributed by atoms with Crippen LogP contribution >= 0.6 is 23.1 Å². The van der Waals surface area contributed by atoms with Gasteiger partial charge >= 0.3 is 11.7 Å². The van der Waals surface area contributed by atoms with Crippen LogP contribution < -0.4 is 11.2 Å². The van der Waals surface area contributed by atoms with Crippen LogP contribution in [-0.4, -0.2) is 30.4 Å². The number of hydrogen-bond acceptors (Lipinski definition) is 7. The Labute approximate surface area is 120 Å². The molecule has 0 aliphatic rings. The lowest BCUT2D eigenvalue weighted by Crippen LogP contribution is -2.39. The number of carbonyl (C=O) groups is 1. The van der Waals surface area contributed by atoms with Crippen LogP contribution in [0, 0.1) is 0 Å². The van der Waals surface area contributed by atoms with Crippen molar-refractivity contribution in [2.75, 3.05) is 0 Å². The molecule has 0 spiro atoms. The Morgan fingerprint density at radius 2 is 2.15 bits per heavy atom. The van der Waals surface area contributed by atoms with Crippen molar-refractivity contribution in [2.24, 2.45) is 14.1 Å². The molecule has 2 aromatic heterocycles. The van der Waals surface area contributed by atoms with Crippen molar-refractivity contribution in [3.63, 3.8) is 0 Å². The number of aryl methyl sites for hydroxylation is 1. The molecule has 0 aromatic carbocycles. The molecule has 106 valence electrons. The standard InChI is InChI=1S/C10H10N4O4S2/c1-13-8(17)7(12-14(2)10(13)18)20-9-11-5(4-19-9)3-6(15)16/h4H,3H2,1-2H3,(H,15,16). The maximum absolute atomic E-state index is 11.9. The Balaban J connectivity index is 2.31. The van der Waals surface area contributed by atoms with Gasteiger partial charge < -0.3 is 5.11 Å². The lowest BCUT2D eigenvalue weighted by molar-refractivity contribution is -0.136. The fourth-order valence-corrected chi connectivity index (χ4v) is 3.22. The zero-order valence-electron chi connectivity index (χ0n) is 10.6. The third kappa shape index (κ3) is 2.96. The number of carboxylic acids is 1. The molecule has 0 radical (unpaired) electrons. The van der Waals surface area contributed by atoms with Gasteiger partial charge in [-0.25, -0.2) is 14.5 Å². The average molecular weight is 314 g/mol. The van der Waals surface area contributed by atoms with Crippen molar-refractivity contribution in [2.45, 2.75) is 15.8 Å². The molecule has 10 heteroatoms.